The lowest BCUT2D eigenvalue weighted by molar-refractivity contribution is 0.0709. The molecule has 0 unspecified atom stereocenters. The van der Waals surface area contributed by atoms with Crippen molar-refractivity contribution in [3.8, 4) is 5.69 Å². The monoisotopic (exact) mass is 435 g/mol. The minimum Gasteiger partial charge on any atom is -0.342 e. The highest BCUT2D eigenvalue weighted by molar-refractivity contribution is 5.96. The van der Waals surface area contributed by atoms with Crippen LogP contribution in [0.5, 0.6) is 0 Å². The molecule has 2 aromatic carbocycles. The number of hydrogen-bond donors (Lipinski definition) is 1. The van der Waals surface area contributed by atoms with Crippen molar-refractivity contribution >= 4 is 16.9 Å². The van der Waals surface area contributed by atoms with E-state index in [4.69, 9.17) is 4.98 Å². The van der Waals surface area contributed by atoms with Crippen molar-refractivity contribution in [2.75, 3.05) is 13.1 Å². The first-order valence-corrected chi connectivity index (χ1v) is 10.7. The second kappa shape index (κ2) is 7.85. The zero-order valence-electron chi connectivity index (χ0n) is 17.9. The number of amides is 1. The minimum absolute atomic E-state index is 0.114. The van der Waals surface area contributed by atoms with Crippen LogP contribution in [0.2, 0.25) is 0 Å². The normalized spacial score (nSPS) is 14.9. The number of hydrogen-bond acceptors (Lipinski definition) is 3. The van der Waals surface area contributed by atoms with Gasteiger partial charge >= 0.3 is 0 Å². The molecule has 1 aliphatic rings. The van der Waals surface area contributed by atoms with Gasteiger partial charge in [-0.25, -0.2) is 18.4 Å². The molecule has 0 saturated carbocycles. The molecule has 164 valence electrons. The van der Waals surface area contributed by atoms with Gasteiger partial charge in [-0.3, -0.25) is 4.79 Å². The topological polar surface area (TPSA) is 66.8 Å². The smallest absolute Gasteiger partial charge is 0.257 e. The molecule has 1 fully saturated rings. The summed E-state index contributed by atoms with van der Waals surface area (Å²) in [5.41, 5.74) is 3.62. The minimum atomic E-state index is -0.721. The molecular formula is C24H23F2N5O. The molecule has 32 heavy (non-hydrogen) atoms. The van der Waals surface area contributed by atoms with Crippen molar-refractivity contribution in [1.82, 2.24) is 24.6 Å². The second-order valence-corrected chi connectivity index (χ2v) is 8.26. The van der Waals surface area contributed by atoms with Crippen molar-refractivity contribution in [1.29, 1.82) is 0 Å². The summed E-state index contributed by atoms with van der Waals surface area (Å²) >= 11 is 0. The molecule has 0 radical (unpaired) electrons. The molecule has 0 bridgehead atoms. The SMILES string of the molecule is Cc1nn(-c2ccc(F)cc2F)c(C)c1C(=O)N1CCC(c2nc3ccccc3[nH]2)CC1. The molecular weight excluding hydrogens is 412 g/mol. The summed E-state index contributed by atoms with van der Waals surface area (Å²) in [7, 11) is 0. The van der Waals surface area contributed by atoms with Crippen LogP contribution in [-0.2, 0) is 0 Å². The zero-order valence-corrected chi connectivity index (χ0v) is 17.9. The highest BCUT2D eigenvalue weighted by Crippen LogP contribution is 2.29. The summed E-state index contributed by atoms with van der Waals surface area (Å²) < 4.78 is 29.0. The van der Waals surface area contributed by atoms with Gasteiger partial charge in [-0.2, -0.15) is 5.10 Å². The average molecular weight is 435 g/mol. The number of halogens is 2. The number of aromatic amines is 1. The van der Waals surface area contributed by atoms with E-state index in [1.807, 2.05) is 29.2 Å². The quantitative estimate of drug-likeness (QED) is 0.509. The van der Waals surface area contributed by atoms with Crippen molar-refractivity contribution in [2.24, 2.45) is 0 Å². The molecule has 1 amide bonds. The van der Waals surface area contributed by atoms with Crippen LogP contribution >= 0.6 is 0 Å². The van der Waals surface area contributed by atoms with Crippen molar-refractivity contribution in [2.45, 2.75) is 32.6 Å². The number of likely N-dealkylation sites (tertiary alicyclic amines) is 1. The predicted molar refractivity (Wildman–Crippen MR) is 117 cm³/mol. The summed E-state index contributed by atoms with van der Waals surface area (Å²) in [5.74, 6) is -0.260. The van der Waals surface area contributed by atoms with Crippen LogP contribution < -0.4 is 0 Å². The third-order valence-corrected chi connectivity index (χ3v) is 6.22. The van der Waals surface area contributed by atoms with Gasteiger partial charge in [-0.1, -0.05) is 12.1 Å². The van der Waals surface area contributed by atoms with Crippen LogP contribution in [0.1, 0.15) is 46.3 Å². The van der Waals surface area contributed by atoms with Crippen molar-refractivity contribution < 1.29 is 13.6 Å². The van der Waals surface area contributed by atoms with E-state index in [-0.39, 0.29) is 17.5 Å². The first kappa shape index (κ1) is 20.4. The van der Waals surface area contributed by atoms with Gasteiger partial charge in [0.15, 0.2) is 5.82 Å². The van der Waals surface area contributed by atoms with Gasteiger partial charge in [0.1, 0.15) is 17.3 Å². The van der Waals surface area contributed by atoms with Crippen LogP contribution in [0.3, 0.4) is 0 Å². The predicted octanol–water partition coefficient (Wildman–Crippen LogP) is 4.66. The highest BCUT2D eigenvalue weighted by Gasteiger charge is 2.30. The number of aromatic nitrogens is 4. The fraction of sp³-hybridized carbons (Fsp3) is 0.292. The molecule has 6 nitrogen and oxygen atoms in total. The van der Waals surface area contributed by atoms with E-state index in [0.717, 1.165) is 35.8 Å². The molecule has 3 heterocycles. The van der Waals surface area contributed by atoms with Crippen molar-refractivity contribution in [3.05, 3.63) is 76.9 Å². The zero-order chi connectivity index (χ0) is 22.4. The molecule has 1 aliphatic heterocycles. The number of nitrogens with zero attached hydrogens (tertiary/aromatic N) is 4. The number of H-pyrrole nitrogens is 1. The second-order valence-electron chi connectivity index (χ2n) is 8.26. The Morgan fingerprint density at radius 1 is 1.09 bits per heavy atom. The van der Waals surface area contributed by atoms with Crippen LogP contribution in [-0.4, -0.2) is 43.6 Å². The third kappa shape index (κ3) is 3.45. The third-order valence-electron chi connectivity index (χ3n) is 6.22. The van der Waals surface area contributed by atoms with E-state index >= 15 is 0 Å². The maximum Gasteiger partial charge on any atom is 0.257 e. The van der Waals surface area contributed by atoms with E-state index < -0.39 is 11.6 Å². The number of aryl methyl sites for hydroxylation is 1. The van der Waals surface area contributed by atoms with Gasteiger partial charge in [0, 0.05) is 25.1 Å². The van der Waals surface area contributed by atoms with Gasteiger partial charge in [-0.15, -0.1) is 0 Å². The number of imidazole rings is 1. The van der Waals surface area contributed by atoms with Gasteiger partial charge < -0.3 is 9.88 Å². The van der Waals surface area contributed by atoms with Crippen LogP contribution in [0, 0.1) is 25.5 Å². The molecule has 1 saturated heterocycles. The average Bonchev–Trinajstić information content (AvgIpc) is 3.34. The van der Waals surface area contributed by atoms with Crippen LogP contribution in [0.15, 0.2) is 42.5 Å². The fourth-order valence-electron chi connectivity index (χ4n) is 4.52. The lowest BCUT2D eigenvalue weighted by atomic mass is 9.95. The molecule has 0 atom stereocenters. The Balaban J connectivity index is 1.34. The van der Waals surface area contributed by atoms with E-state index in [0.29, 0.717) is 30.0 Å². The lowest BCUT2D eigenvalue weighted by Crippen LogP contribution is -2.38. The number of carbonyl (C=O) groups excluding carboxylic acids is 1. The van der Waals surface area contributed by atoms with E-state index in [2.05, 4.69) is 10.1 Å². The van der Waals surface area contributed by atoms with E-state index in [1.54, 1.807) is 13.8 Å². The molecule has 4 aromatic rings. The van der Waals surface area contributed by atoms with Crippen LogP contribution in [0.25, 0.3) is 16.7 Å². The van der Waals surface area contributed by atoms with Crippen LogP contribution in [0.4, 0.5) is 8.78 Å². The standard InChI is InChI=1S/C24H23F2N5O/c1-14-22(15(2)31(29-14)21-8-7-17(25)13-18(21)26)24(32)30-11-9-16(10-12-30)23-27-19-5-3-4-6-20(19)28-23/h3-8,13,16H,9-12H2,1-2H3,(H,27,28). The number of benzene rings is 2. The maximum atomic E-state index is 14.3. The molecule has 1 N–H and O–H groups in total. The Bertz CT molecular complexity index is 1280. The Morgan fingerprint density at radius 3 is 2.56 bits per heavy atom. The summed E-state index contributed by atoms with van der Waals surface area (Å²) in [6.45, 7) is 4.68. The van der Waals surface area contributed by atoms with E-state index in [9.17, 15) is 13.6 Å². The summed E-state index contributed by atoms with van der Waals surface area (Å²) in [6.07, 6.45) is 1.62. The number of piperidine rings is 1. The first-order valence-electron chi connectivity index (χ1n) is 10.7. The molecule has 8 heteroatoms. The van der Waals surface area contributed by atoms with E-state index in [1.165, 1.54) is 16.8 Å². The molecule has 2 aromatic heterocycles. The molecule has 0 spiro atoms. The first-order chi connectivity index (χ1) is 15.4. The Kier molecular flexibility index (Phi) is 5.00. The largest absolute Gasteiger partial charge is 0.342 e. The number of fused-ring (bicyclic) bond motifs is 1. The van der Waals surface area contributed by atoms with Gasteiger partial charge in [-0.05, 0) is 51.0 Å². The molecule has 5 rings (SSSR count). The number of carbonyl (C=O) groups is 1. The lowest BCUT2D eigenvalue weighted by Gasteiger charge is -2.31. The Morgan fingerprint density at radius 2 is 1.84 bits per heavy atom. The fourth-order valence-corrected chi connectivity index (χ4v) is 4.52. The number of nitrogens with one attached hydrogen (secondary N) is 1. The Labute approximate surface area is 183 Å². The van der Waals surface area contributed by atoms with Gasteiger partial charge in [0.05, 0.1) is 28.0 Å². The Hall–Kier alpha value is -3.55. The van der Waals surface area contributed by atoms with Gasteiger partial charge in [0.25, 0.3) is 5.91 Å². The van der Waals surface area contributed by atoms with Crippen molar-refractivity contribution in [3.63, 3.8) is 0 Å². The summed E-state index contributed by atoms with van der Waals surface area (Å²) in [6, 6.07) is 11.3. The summed E-state index contributed by atoms with van der Waals surface area (Å²) in [4.78, 5) is 23.2. The maximum absolute atomic E-state index is 14.3. The molecule has 0 aliphatic carbocycles. The number of rotatable bonds is 3. The summed E-state index contributed by atoms with van der Waals surface area (Å²) in [5, 5.41) is 4.37. The number of para-hydroxylation sites is 2. The highest BCUT2D eigenvalue weighted by atomic mass is 19.1. The van der Waals surface area contributed by atoms with Gasteiger partial charge in [0.2, 0.25) is 0 Å².